The number of halogens is 1. The van der Waals surface area contributed by atoms with Crippen LogP contribution in [0, 0.1) is 6.92 Å². The van der Waals surface area contributed by atoms with Crippen LogP contribution in [-0.4, -0.2) is 16.9 Å². The summed E-state index contributed by atoms with van der Waals surface area (Å²) in [5, 5.41) is 6.77. The van der Waals surface area contributed by atoms with E-state index in [4.69, 9.17) is 11.6 Å². The molecule has 1 aliphatic carbocycles. The van der Waals surface area contributed by atoms with Crippen LogP contribution in [-0.2, 0) is 0 Å². The summed E-state index contributed by atoms with van der Waals surface area (Å²) in [6, 6.07) is 9.41. The third kappa shape index (κ3) is 3.34. The fraction of sp³-hybridized carbons (Fsp3) is 0.250. The zero-order valence-electron chi connectivity index (χ0n) is 11.7. The lowest BCUT2D eigenvalue weighted by atomic mass is 10.2. The van der Waals surface area contributed by atoms with Gasteiger partial charge in [0.15, 0.2) is 0 Å². The van der Waals surface area contributed by atoms with Crippen molar-refractivity contribution in [1.82, 2.24) is 4.98 Å². The molecule has 0 bridgehead atoms. The van der Waals surface area contributed by atoms with Gasteiger partial charge < -0.3 is 10.6 Å². The summed E-state index contributed by atoms with van der Waals surface area (Å²) in [5.41, 5.74) is 2.23. The highest BCUT2D eigenvalue weighted by atomic mass is 35.5. The lowest BCUT2D eigenvalue weighted by Gasteiger charge is -2.12. The number of anilines is 2. The third-order valence-electron chi connectivity index (χ3n) is 3.42. The molecule has 1 aromatic heterocycles. The second-order valence-electron chi connectivity index (χ2n) is 5.23. The molecule has 2 N–H and O–H groups in total. The number of carbonyl (C=O) groups excluding carboxylic acids is 1. The Kier molecular flexibility index (Phi) is 3.80. The molecule has 108 valence electrons. The van der Waals surface area contributed by atoms with E-state index in [0.29, 0.717) is 28.1 Å². The number of nitrogens with zero attached hydrogens (tertiary/aromatic N) is 1. The minimum Gasteiger partial charge on any atom is -0.367 e. The van der Waals surface area contributed by atoms with Crippen molar-refractivity contribution in [1.29, 1.82) is 0 Å². The van der Waals surface area contributed by atoms with Crippen LogP contribution in [0.2, 0.25) is 5.02 Å². The number of benzene rings is 1. The van der Waals surface area contributed by atoms with E-state index in [1.807, 2.05) is 13.0 Å². The summed E-state index contributed by atoms with van der Waals surface area (Å²) < 4.78 is 0. The highest BCUT2D eigenvalue weighted by molar-refractivity contribution is 6.31. The van der Waals surface area contributed by atoms with Gasteiger partial charge in [-0.3, -0.25) is 4.79 Å². The van der Waals surface area contributed by atoms with Crippen molar-refractivity contribution in [2.24, 2.45) is 0 Å². The van der Waals surface area contributed by atoms with Crippen LogP contribution in [0.5, 0.6) is 0 Å². The average molecular weight is 302 g/mol. The molecule has 0 radical (unpaired) electrons. The highest BCUT2D eigenvalue weighted by Gasteiger charge is 2.24. The summed E-state index contributed by atoms with van der Waals surface area (Å²) in [6.45, 7) is 1.93. The molecule has 0 saturated heterocycles. The first-order valence-electron chi connectivity index (χ1n) is 6.92. The van der Waals surface area contributed by atoms with Crippen LogP contribution < -0.4 is 10.6 Å². The monoisotopic (exact) mass is 301 g/mol. The van der Waals surface area contributed by atoms with Gasteiger partial charge in [-0.05, 0) is 49.6 Å². The predicted octanol–water partition coefficient (Wildman–Crippen LogP) is 3.87. The molecule has 0 spiro atoms. The molecule has 1 aromatic carbocycles. The van der Waals surface area contributed by atoms with E-state index >= 15 is 0 Å². The Morgan fingerprint density at radius 3 is 2.90 bits per heavy atom. The van der Waals surface area contributed by atoms with E-state index in [1.54, 1.807) is 30.5 Å². The number of rotatable bonds is 4. The van der Waals surface area contributed by atoms with Gasteiger partial charge in [-0.25, -0.2) is 4.98 Å². The third-order valence-corrected chi connectivity index (χ3v) is 3.65. The van der Waals surface area contributed by atoms with E-state index in [0.717, 1.165) is 18.4 Å². The first kappa shape index (κ1) is 13.9. The second kappa shape index (κ2) is 5.74. The number of hydrogen-bond acceptors (Lipinski definition) is 3. The Hall–Kier alpha value is -2.07. The predicted molar refractivity (Wildman–Crippen MR) is 85.0 cm³/mol. The van der Waals surface area contributed by atoms with Gasteiger partial charge in [-0.2, -0.15) is 0 Å². The number of hydrogen-bond donors (Lipinski definition) is 2. The quantitative estimate of drug-likeness (QED) is 0.901. The standard InChI is InChI=1S/C16H16ClN3O/c1-10-4-5-11(17)9-14(10)20-16(21)13-3-2-8-18-15(13)19-12-6-7-12/h2-5,8-9,12H,6-7H2,1H3,(H,18,19)(H,20,21). The van der Waals surface area contributed by atoms with Gasteiger partial charge in [0.05, 0.1) is 5.56 Å². The minimum absolute atomic E-state index is 0.184. The summed E-state index contributed by atoms with van der Waals surface area (Å²) in [7, 11) is 0. The van der Waals surface area contributed by atoms with Crippen molar-refractivity contribution in [3.63, 3.8) is 0 Å². The first-order chi connectivity index (χ1) is 10.1. The highest BCUT2D eigenvalue weighted by Crippen LogP contribution is 2.26. The van der Waals surface area contributed by atoms with Crippen molar-refractivity contribution >= 4 is 29.0 Å². The van der Waals surface area contributed by atoms with E-state index in [2.05, 4.69) is 15.6 Å². The van der Waals surface area contributed by atoms with Crippen LogP contribution >= 0.6 is 11.6 Å². The maximum Gasteiger partial charge on any atom is 0.259 e. The van der Waals surface area contributed by atoms with Gasteiger partial charge in [-0.15, -0.1) is 0 Å². The molecule has 4 nitrogen and oxygen atoms in total. The molecule has 21 heavy (non-hydrogen) atoms. The number of carbonyl (C=O) groups is 1. The smallest absolute Gasteiger partial charge is 0.259 e. The zero-order chi connectivity index (χ0) is 14.8. The van der Waals surface area contributed by atoms with Crippen LogP contribution in [0.15, 0.2) is 36.5 Å². The molecular weight excluding hydrogens is 286 g/mol. The molecule has 1 fully saturated rings. The minimum atomic E-state index is -0.184. The zero-order valence-corrected chi connectivity index (χ0v) is 12.4. The lowest BCUT2D eigenvalue weighted by Crippen LogP contribution is -2.17. The van der Waals surface area contributed by atoms with Gasteiger partial charge in [-0.1, -0.05) is 17.7 Å². The van der Waals surface area contributed by atoms with Crippen molar-refractivity contribution in [2.75, 3.05) is 10.6 Å². The number of nitrogens with one attached hydrogen (secondary N) is 2. The maximum atomic E-state index is 12.5. The first-order valence-corrected chi connectivity index (χ1v) is 7.30. The van der Waals surface area contributed by atoms with Gasteiger partial charge in [0.1, 0.15) is 5.82 Å². The molecule has 0 atom stereocenters. The normalized spacial score (nSPS) is 13.8. The fourth-order valence-electron chi connectivity index (χ4n) is 2.04. The Morgan fingerprint density at radius 1 is 1.33 bits per heavy atom. The SMILES string of the molecule is Cc1ccc(Cl)cc1NC(=O)c1cccnc1NC1CC1. The maximum absolute atomic E-state index is 12.5. The summed E-state index contributed by atoms with van der Waals surface area (Å²) in [4.78, 5) is 16.7. The Morgan fingerprint density at radius 2 is 2.14 bits per heavy atom. The number of aromatic nitrogens is 1. The van der Waals surface area contributed by atoms with E-state index < -0.39 is 0 Å². The summed E-state index contributed by atoms with van der Waals surface area (Å²) in [5.74, 6) is 0.453. The van der Waals surface area contributed by atoms with Gasteiger partial charge in [0, 0.05) is 22.9 Å². The summed E-state index contributed by atoms with van der Waals surface area (Å²) in [6.07, 6.45) is 3.95. The van der Waals surface area contributed by atoms with Crippen LogP contribution in [0.3, 0.4) is 0 Å². The molecule has 0 aliphatic heterocycles. The molecule has 3 rings (SSSR count). The number of pyridine rings is 1. The summed E-state index contributed by atoms with van der Waals surface area (Å²) >= 11 is 5.98. The number of amides is 1. The molecule has 1 heterocycles. The van der Waals surface area contributed by atoms with E-state index in [9.17, 15) is 4.79 Å². The topological polar surface area (TPSA) is 54.0 Å². The van der Waals surface area contributed by atoms with Crippen LogP contribution in [0.25, 0.3) is 0 Å². The van der Waals surface area contributed by atoms with Crippen molar-refractivity contribution in [3.8, 4) is 0 Å². The second-order valence-corrected chi connectivity index (χ2v) is 5.67. The molecule has 5 heteroatoms. The molecule has 1 amide bonds. The Bertz CT molecular complexity index is 683. The molecule has 1 saturated carbocycles. The van der Waals surface area contributed by atoms with Gasteiger partial charge in [0.25, 0.3) is 5.91 Å². The number of aryl methyl sites for hydroxylation is 1. The van der Waals surface area contributed by atoms with Crippen LogP contribution in [0.1, 0.15) is 28.8 Å². The van der Waals surface area contributed by atoms with Crippen molar-refractivity contribution < 1.29 is 4.79 Å². The van der Waals surface area contributed by atoms with Crippen molar-refractivity contribution in [3.05, 3.63) is 52.7 Å². The molecular formula is C16H16ClN3O. The molecule has 2 aromatic rings. The Balaban J connectivity index is 1.83. The van der Waals surface area contributed by atoms with Crippen molar-refractivity contribution in [2.45, 2.75) is 25.8 Å². The molecule has 1 aliphatic rings. The molecule has 0 unspecified atom stereocenters. The average Bonchev–Trinajstić information content (AvgIpc) is 3.27. The van der Waals surface area contributed by atoms with E-state index in [-0.39, 0.29) is 5.91 Å². The Labute approximate surface area is 128 Å². The largest absolute Gasteiger partial charge is 0.367 e. The lowest BCUT2D eigenvalue weighted by molar-refractivity contribution is 0.102. The van der Waals surface area contributed by atoms with Crippen LogP contribution in [0.4, 0.5) is 11.5 Å². The van der Waals surface area contributed by atoms with E-state index in [1.165, 1.54) is 0 Å². The fourth-order valence-corrected chi connectivity index (χ4v) is 2.22. The van der Waals surface area contributed by atoms with Gasteiger partial charge >= 0.3 is 0 Å². The van der Waals surface area contributed by atoms with Gasteiger partial charge in [0.2, 0.25) is 0 Å².